The Morgan fingerprint density at radius 2 is 1.27 bits per heavy atom. The summed E-state index contributed by atoms with van der Waals surface area (Å²) >= 11 is 0. The predicted molar refractivity (Wildman–Crippen MR) is 83.9 cm³/mol. The average Bonchev–Trinajstić information content (AvgIpc) is 3.30. The van der Waals surface area contributed by atoms with E-state index >= 15 is 0 Å². The molecular formula is C12H17N2O10S2+. The van der Waals surface area contributed by atoms with Crippen molar-refractivity contribution in [2.24, 2.45) is 0 Å². The summed E-state index contributed by atoms with van der Waals surface area (Å²) in [7, 11) is 3.13. The van der Waals surface area contributed by atoms with E-state index in [9.17, 15) is 15.0 Å². The third kappa shape index (κ3) is 3.53. The molecule has 1 N–H and O–H groups in total. The summed E-state index contributed by atoms with van der Waals surface area (Å²) in [4.78, 5) is 30.4. The van der Waals surface area contributed by atoms with Gasteiger partial charge < -0.3 is 23.8 Å². The van der Waals surface area contributed by atoms with Gasteiger partial charge in [0.15, 0.2) is 6.10 Å². The minimum atomic E-state index is -0.823. The van der Waals surface area contributed by atoms with Gasteiger partial charge in [-0.3, -0.25) is 0 Å². The highest BCUT2D eigenvalue weighted by atomic mass is 33.1. The Hall–Kier alpha value is -1.06. The monoisotopic (exact) mass is 413 g/mol. The first-order valence-electron chi connectivity index (χ1n) is 7.95. The molecule has 0 spiro atoms. The fourth-order valence-electron chi connectivity index (χ4n) is 3.57. The van der Waals surface area contributed by atoms with Crippen molar-refractivity contribution in [1.82, 2.24) is 0 Å². The molecule has 0 amide bonds. The normalized spacial score (nSPS) is 43.8. The van der Waals surface area contributed by atoms with Gasteiger partial charge in [-0.1, -0.05) is 21.6 Å². The van der Waals surface area contributed by atoms with E-state index in [-0.39, 0.29) is 35.9 Å². The second-order valence-corrected chi connectivity index (χ2v) is 8.96. The molecule has 0 bridgehead atoms. The van der Waals surface area contributed by atoms with Crippen molar-refractivity contribution in [1.29, 1.82) is 0 Å². The van der Waals surface area contributed by atoms with E-state index in [0.29, 0.717) is 13.2 Å². The molecule has 0 aliphatic carbocycles. The molecule has 0 aromatic rings. The van der Waals surface area contributed by atoms with Gasteiger partial charge in [0.05, 0.1) is 36.9 Å². The highest BCUT2D eigenvalue weighted by Crippen LogP contribution is 2.45. The first-order valence-corrected chi connectivity index (χ1v) is 10.2. The first kappa shape index (κ1) is 18.3. The molecule has 0 aromatic heterocycles. The van der Waals surface area contributed by atoms with Crippen molar-refractivity contribution < 1.29 is 44.0 Å². The van der Waals surface area contributed by atoms with E-state index in [1.165, 1.54) is 0 Å². The van der Waals surface area contributed by atoms with Crippen LogP contribution in [0.25, 0.3) is 0 Å². The number of ether oxygens (including phenoxy) is 4. The highest BCUT2D eigenvalue weighted by Gasteiger charge is 2.54. The maximum absolute atomic E-state index is 10.6. The quantitative estimate of drug-likeness (QED) is 0.334. The minimum absolute atomic E-state index is 0.00688. The molecule has 146 valence electrons. The van der Waals surface area contributed by atoms with E-state index in [4.69, 9.17) is 29.0 Å². The summed E-state index contributed by atoms with van der Waals surface area (Å²) in [6, 6.07) is 0. The Balaban J connectivity index is 1.27. The highest BCUT2D eigenvalue weighted by molar-refractivity contribution is 8.77. The van der Waals surface area contributed by atoms with Gasteiger partial charge in [-0.05, 0) is 0 Å². The van der Waals surface area contributed by atoms with Crippen molar-refractivity contribution in [3.8, 4) is 0 Å². The van der Waals surface area contributed by atoms with E-state index in [0.717, 1.165) is 0 Å². The molecule has 4 fully saturated rings. The van der Waals surface area contributed by atoms with Crippen LogP contribution in [0.2, 0.25) is 0 Å². The second-order valence-electron chi connectivity index (χ2n) is 6.21. The van der Waals surface area contributed by atoms with Gasteiger partial charge in [0.1, 0.15) is 29.3 Å². The van der Waals surface area contributed by atoms with Gasteiger partial charge in [-0.25, -0.2) is 5.21 Å². The van der Waals surface area contributed by atoms with Gasteiger partial charge in [-0.2, -0.15) is 4.84 Å². The Morgan fingerprint density at radius 1 is 0.808 bits per heavy atom. The fourth-order valence-corrected chi connectivity index (χ4v) is 6.66. The Morgan fingerprint density at radius 3 is 1.73 bits per heavy atom. The lowest BCUT2D eigenvalue weighted by molar-refractivity contribution is -0.982. The van der Waals surface area contributed by atoms with E-state index in [2.05, 4.69) is 4.84 Å². The van der Waals surface area contributed by atoms with Gasteiger partial charge >= 0.3 is 5.09 Å². The maximum Gasteiger partial charge on any atom is 0.475 e. The summed E-state index contributed by atoms with van der Waals surface area (Å²) in [6.45, 7) is 1.13. The maximum atomic E-state index is 10.6. The first-order chi connectivity index (χ1) is 12.5. The topological polar surface area (TPSA) is 139 Å². The minimum Gasteiger partial charge on any atom is -0.372 e. The molecule has 4 heterocycles. The molecule has 0 saturated carbocycles. The number of fused-ring (bicyclic) bond motifs is 2. The second kappa shape index (κ2) is 7.52. The SMILES string of the molecule is O=[N+]([O-])O[C@@H]1CO[C@H]2[C@@H]1OC[C@@H]2SSC1CO[C@H]2[C@@H]1OC[C@H]2O[N+](=O)O. The van der Waals surface area contributed by atoms with E-state index < -0.39 is 34.6 Å². The Bertz CT molecular complexity index is 522. The lowest BCUT2D eigenvalue weighted by Crippen LogP contribution is -2.34. The van der Waals surface area contributed by atoms with Crippen molar-refractivity contribution in [2.75, 3.05) is 26.4 Å². The smallest absolute Gasteiger partial charge is 0.372 e. The van der Waals surface area contributed by atoms with Crippen LogP contribution in [0.1, 0.15) is 0 Å². The summed E-state index contributed by atoms with van der Waals surface area (Å²) in [5, 5.41) is 17.8. The molecule has 14 heteroatoms. The van der Waals surface area contributed by atoms with Crippen molar-refractivity contribution in [3.63, 3.8) is 0 Å². The van der Waals surface area contributed by atoms with Crippen LogP contribution in [0.4, 0.5) is 0 Å². The zero-order valence-electron chi connectivity index (χ0n) is 13.3. The van der Waals surface area contributed by atoms with Crippen LogP contribution in [-0.4, -0.2) is 88.9 Å². The molecule has 12 nitrogen and oxygen atoms in total. The third-order valence-corrected chi connectivity index (χ3v) is 7.91. The van der Waals surface area contributed by atoms with Crippen molar-refractivity contribution in [3.05, 3.63) is 15.0 Å². The van der Waals surface area contributed by atoms with Crippen LogP contribution < -0.4 is 0 Å². The van der Waals surface area contributed by atoms with E-state index in [1.807, 2.05) is 0 Å². The molecule has 0 aromatic carbocycles. The molecule has 4 saturated heterocycles. The van der Waals surface area contributed by atoms with Crippen LogP contribution in [-0.2, 0) is 28.6 Å². The zero-order valence-corrected chi connectivity index (χ0v) is 14.9. The van der Waals surface area contributed by atoms with E-state index in [1.54, 1.807) is 21.6 Å². The van der Waals surface area contributed by atoms with Gasteiger partial charge in [0.25, 0.3) is 5.09 Å². The van der Waals surface area contributed by atoms with Crippen molar-refractivity contribution >= 4 is 21.6 Å². The lowest BCUT2D eigenvalue weighted by Gasteiger charge is -2.19. The molecular weight excluding hydrogens is 396 g/mol. The van der Waals surface area contributed by atoms with Crippen molar-refractivity contribution in [2.45, 2.75) is 47.1 Å². The summed E-state index contributed by atoms with van der Waals surface area (Å²) < 4.78 is 22.5. The molecule has 4 aliphatic heterocycles. The van der Waals surface area contributed by atoms with Crippen LogP contribution in [0.3, 0.4) is 0 Å². The molecule has 0 radical (unpaired) electrons. The number of hydrogen-bond acceptors (Lipinski definition) is 11. The van der Waals surface area contributed by atoms with Gasteiger partial charge in [0, 0.05) is 0 Å². The summed E-state index contributed by atoms with van der Waals surface area (Å²) in [5.74, 6) is 0. The average molecular weight is 413 g/mol. The zero-order chi connectivity index (χ0) is 18.3. The van der Waals surface area contributed by atoms with Gasteiger partial charge in [-0.15, -0.1) is 10.1 Å². The molecule has 26 heavy (non-hydrogen) atoms. The van der Waals surface area contributed by atoms with Crippen LogP contribution in [0.5, 0.6) is 0 Å². The van der Waals surface area contributed by atoms with Gasteiger partial charge in [0.2, 0.25) is 6.10 Å². The molecule has 4 aliphatic rings. The Labute approximate surface area is 154 Å². The number of nitrogens with zero attached hydrogens (tertiary/aromatic N) is 2. The van der Waals surface area contributed by atoms with Crippen LogP contribution >= 0.6 is 21.6 Å². The lowest BCUT2D eigenvalue weighted by atomic mass is 10.1. The third-order valence-electron chi connectivity index (χ3n) is 4.67. The summed E-state index contributed by atoms with van der Waals surface area (Å²) in [5.41, 5.74) is 0. The predicted octanol–water partition coefficient (Wildman–Crippen LogP) is -0.255. The molecule has 4 rings (SSSR count). The van der Waals surface area contributed by atoms with Crippen LogP contribution in [0, 0.1) is 15.0 Å². The fraction of sp³-hybridized carbons (Fsp3) is 1.00. The summed E-state index contributed by atoms with van der Waals surface area (Å²) in [6.07, 6.45) is -2.71. The standard InChI is InChI=1S/C12H17N2O10S2/c15-13(16)23-5-1-19-11-7(3-21-9(5)11)25-26-8-4-22-10-6(24-14(17)18)2-20-12(8)10/h5-12H,1-4H2,(H,15,16)/q+1/t5-,6-,7?,8+,9-,10-,11-,12-/m1/s1. The number of hydrogen-bond donors (Lipinski definition) is 1. The molecule has 1 unspecified atom stereocenters. The molecule has 8 atom stereocenters. The van der Waals surface area contributed by atoms with Crippen LogP contribution in [0.15, 0.2) is 0 Å². The largest absolute Gasteiger partial charge is 0.475 e. The Kier molecular flexibility index (Phi) is 5.29. The number of rotatable bonds is 7.